The smallest absolute Gasteiger partial charge is 0.232 e. The first-order valence-corrected chi connectivity index (χ1v) is 6.73. The zero-order valence-corrected chi connectivity index (χ0v) is 11.8. The molecule has 1 fully saturated rings. The van der Waals surface area contributed by atoms with E-state index in [1.54, 1.807) is 0 Å². The normalized spacial score (nSPS) is 26.7. The number of aliphatic hydroxyl groups is 1. The highest BCUT2D eigenvalue weighted by atomic mass is 16.7. The fourth-order valence-electron chi connectivity index (χ4n) is 2.32. The molecule has 0 spiro atoms. The van der Waals surface area contributed by atoms with Gasteiger partial charge in [0.05, 0.1) is 12.7 Å². The molecule has 7 heteroatoms. The van der Waals surface area contributed by atoms with Crippen molar-refractivity contribution < 1.29 is 24.2 Å². The number of methoxy groups -OCH3 is 1. The molecule has 0 saturated carbocycles. The van der Waals surface area contributed by atoms with Gasteiger partial charge in [-0.25, -0.2) is 0 Å². The van der Waals surface area contributed by atoms with E-state index in [9.17, 15) is 15.2 Å². The van der Waals surface area contributed by atoms with Crippen LogP contribution in [0.4, 0.5) is 0 Å². The van der Waals surface area contributed by atoms with Crippen LogP contribution in [0.25, 0.3) is 0 Å². The molecule has 0 aromatic heterocycles. The quantitative estimate of drug-likeness (QED) is 0.595. The fraction of sp³-hybridized carbons (Fsp3) is 0.571. The topological polar surface area (TPSA) is 91.1 Å². The van der Waals surface area contributed by atoms with E-state index in [1.165, 1.54) is 7.11 Å². The Morgan fingerprint density at radius 2 is 2.19 bits per heavy atom. The summed E-state index contributed by atoms with van der Waals surface area (Å²) in [6.45, 7) is -0.117. The van der Waals surface area contributed by atoms with Crippen LogP contribution in [0.5, 0.6) is 0 Å². The lowest BCUT2D eigenvalue weighted by Crippen LogP contribution is -2.35. The van der Waals surface area contributed by atoms with E-state index in [-0.39, 0.29) is 19.6 Å². The minimum Gasteiger partial charge on any atom is -0.388 e. The molecule has 1 aromatic carbocycles. The van der Waals surface area contributed by atoms with Gasteiger partial charge < -0.3 is 19.3 Å². The van der Waals surface area contributed by atoms with E-state index in [0.717, 1.165) is 5.56 Å². The molecule has 7 nitrogen and oxygen atoms in total. The molecule has 1 N–H and O–H groups in total. The average molecular weight is 297 g/mol. The maximum atomic E-state index is 10.8. The largest absolute Gasteiger partial charge is 0.388 e. The standard InChI is InChI=1S/C14H19NO6/c1-19-14-11(16)7-12(21-14)13(8-15(17)18)20-9-10-5-3-2-4-6-10/h2-6,11-14,16H,7-9H2,1H3/t11-,12+,13-,14+/m1/s1. The van der Waals surface area contributed by atoms with Crippen LogP contribution in [0.1, 0.15) is 12.0 Å². The van der Waals surface area contributed by atoms with Crippen LogP contribution in [0.15, 0.2) is 30.3 Å². The van der Waals surface area contributed by atoms with Gasteiger partial charge in [-0.15, -0.1) is 0 Å². The maximum absolute atomic E-state index is 10.8. The van der Waals surface area contributed by atoms with Crippen molar-refractivity contribution in [3.05, 3.63) is 46.0 Å². The summed E-state index contributed by atoms with van der Waals surface area (Å²) in [5.74, 6) is 0. The number of rotatable bonds is 7. The van der Waals surface area contributed by atoms with Gasteiger partial charge in [0.2, 0.25) is 6.54 Å². The minimum absolute atomic E-state index is 0.256. The Balaban J connectivity index is 1.96. The zero-order chi connectivity index (χ0) is 15.2. The Morgan fingerprint density at radius 1 is 1.48 bits per heavy atom. The minimum atomic E-state index is -0.797. The van der Waals surface area contributed by atoms with Crippen LogP contribution < -0.4 is 0 Å². The van der Waals surface area contributed by atoms with Crippen LogP contribution in [0.3, 0.4) is 0 Å². The Morgan fingerprint density at radius 3 is 2.76 bits per heavy atom. The highest BCUT2D eigenvalue weighted by Gasteiger charge is 2.40. The second-order valence-electron chi connectivity index (χ2n) is 4.93. The second-order valence-corrected chi connectivity index (χ2v) is 4.93. The molecular formula is C14H19NO6. The molecule has 1 aromatic rings. The van der Waals surface area contributed by atoms with Crippen molar-refractivity contribution in [2.24, 2.45) is 0 Å². The first-order chi connectivity index (χ1) is 10.1. The van der Waals surface area contributed by atoms with Crippen molar-refractivity contribution in [3.8, 4) is 0 Å². The van der Waals surface area contributed by atoms with Crippen molar-refractivity contribution in [1.82, 2.24) is 0 Å². The molecule has 116 valence electrons. The van der Waals surface area contributed by atoms with E-state index in [0.29, 0.717) is 0 Å². The number of benzene rings is 1. The molecule has 1 heterocycles. The number of hydrogen-bond acceptors (Lipinski definition) is 6. The molecule has 1 saturated heterocycles. The first-order valence-electron chi connectivity index (χ1n) is 6.73. The number of ether oxygens (including phenoxy) is 3. The van der Waals surface area contributed by atoms with Gasteiger partial charge in [-0.3, -0.25) is 10.1 Å². The summed E-state index contributed by atoms with van der Waals surface area (Å²) in [6.07, 6.45) is -2.58. The van der Waals surface area contributed by atoms with Crippen molar-refractivity contribution in [1.29, 1.82) is 0 Å². The maximum Gasteiger partial charge on any atom is 0.232 e. The summed E-state index contributed by atoms with van der Waals surface area (Å²) in [6, 6.07) is 9.39. The number of nitrogens with zero attached hydrogens (tertiary/aromatic N) is 1. The first kappa shape index (κ1) is 15.8. The predicted molar refractivity (Wildman–Crippen MR) is 73.2 cm³/mol. The summed E-state index contributed by atoms with van der Waals surface area (Å²) in [7, 11) is 1.42. The highest BCUT2D eigenvalue weighted by molar-refractivity contribution is 5.13. The number of hydrogen-bond donors (Lipinski definition) is 1. The molecule has 2 rings (SSSR count). The van der Waals surface area contributed by atoms with E-state index in [4.69, 9.17) is 14.2 Å². The van der Waals surface area contributed by atoms with Gasteiger partial charge in [0.15, 0.2) is 6.29 Å². The third kappa shape index (κ3) is 4.47. The van der Waals surface area contributed by atoms with Gasteiger partial charge in [0.1, 0.15) is 12.2 Å². The second kappa shape index (κ2) is 7.46. The summed E-state index contributed by atoms with van der Waals surface area (Å²) >= 11 is 0. The van der Waals surface area contributed by atoms with Crippen molar-refractivity contribution in [2.75, 3.05) is 13.7 Å². The molecular weight excluding hydrogens is 278 g/mol. The van der Waals surface area contributed by atoms with E-state index < -0.39 is 29.5 Å². The van der Waals surface area contributed by atoms with Crippen molar-refractivity contribution in [3.63, 3.8) is 0 Å². The Labute approximate surface area is 122 Å². The SMILES string of the molecule is CO[C@H]1O[C@H]([C@@H](C[N+](=O)[O-])OCc2ccccc2)C[C@H]1O. The summed E-state index contributed by atoms with van der Waals surface area (Å²) in [4.78, 5) is 10.3. The Bertz CT molecular complexity index is 454. The van der Waals surface area contributed by atoms with Gasteiger partial charge >= 0.3 is 0 Å². The lowest BCUT2D eigenvalue weighted by molar-refractivity contribution is -0.495. The zero-order valence-electron chi connectivity index (χ0n) is 11.8. The molecule has 0 amide bonds. The summed E-state index contributed by atoms with van der Waals surface area (Å²) in [5, 5.41) is 20.5. The van der Waals surface area contributed by atoms with Crippen LogP contribution in [-0.2, 0) is 20.8 Å². The Hall–Kier alpha value is -1.54. The van der Waals surface area contributed by atoms with Crippen LogP contribution in [-0.4, -0.2) is 48.3 Å². The van der Waals surface area contributed by atoms with E-state index in [1.807, 2.05) is 30.3 Å². The summed E-state index contributed by atoms with van der Waals surface area (Å²) in [5.41, 5.74) is 0.924. The van der Waals surface area contributed by atoms with Gasteiger partial charge in [-0.2, -0.15) is 0 Å². The van der Waals surface area contributed by atoms with Crippen molar-refractivity contribution in [2.45, 2.75) is 37.6 Å². The van der Waals surface area contributed by atoms with Gasteiger partial charge in [0.25, 0.3) is 0 Å². The molecule has 0 unspecified atom stereocenters. The van der Waals surface area contributed by atoms with Crippen molar-refractivity contribution >= 4 is 0 Å². The average Bonchev–Trinajstić information content (AvgIpc) is 2.85. The molecule has 0 aliphatic carbocycles. The van der Waals surface area contributed by atoms with Gasteiger partial charge in [-0.05, 0) is 5.56 Å². The van der Waals surface area contributed by atoms with E-state index >= 15 is 0 Å². The summed E-state index contributed by atoms with van der Waals surface area (Å²) < 4.78 is 16.1. The van der Waals surface area contributed by atoms with Crippen LogP contribution >= 0.6 is 0 Å². The monoisotopic (exact) mass is 297 g/mol. The molecule has 0 bridgehead atoms. The lowest BCUT2D eigenvalue weighted by Gasteiger charge is -2.20. The van der Waals surface area contributed by atoms with Gasteiger partial charge in [0, 0.05) is 18.5 Å². The molecule has 4 atom stereocenters. The molecule has 0 radical (unpaired) electrons. The molecule has 1 aliphatic heterocycles. The molecule has 21 heavy (non-hydrogen) atoms. The van der Waals surface area contributed by atoms with Crippen LogP contribution in [0, 0.1) is 10.1 Å². The number of aliphatic hydroxyl groups excluding tert-OH is 1. The lowest BCUT2D eigenvalue weighted by atomic mass is 10.1. The molecule has 1 aliphatic rings. The van der Waals surface area contributed by atoms with Gasteiger partial charge in [-0.1, -0.05) is 30.3 Å². The van der Waals surface area contributed by atoms with E-state index in [2.05, 4.69) is 0 Å². The Kier molecular flexibility index (Phi) is 5.63. The highest BCUT2D eigenvalue weighted by Crippen LogP contribution is 2.25. The van der Waals surface area contributed by atoms with Crippen LogP contribution in [0.2, 0.25) is 0 Å². The number of nitro groups is 1. The third-order valence-corrected chi connectivity index (χ3v) is 3.38. The predicted octanol–water partition coefficient (Wildman–Crippen LogP) is 0.971. The fourth-order valence-corrected chi connectivity index (χ4v) is 2.32. The third-order valence-electron chi connectivity index (χ3n) is 3.38.